The molecule has 31 heavy (non-hydrogen) atoms. The monoisotopic (exact) mass is 425 g/mol. The van der Waals surface area contributed by atoms with Crippen molar-refractivity contribution in [2.75, 3.05) is 17.3 Å². The molecule has 0 saturated heterocycles. The summed E-state index contributed by atoms with van der Waals surface area (Å²) in [5.74, 6) is 0.581. The fourth-order valence-corrected chi connectivity index (χ4v) is 3.15. The van der Waals surface area contributed by atoms with E-state index in [-0.39, 0.29) is 11.2 Å². The molecule has 0 spiro atoms. The summed E-state index contributed by atoms with van der Waals surface area (Å²) in [6.07, 6.45) is -2.94. The number of fused-ring (bicyclic) bond motifs is 1. The molecule has 9 heteroatoms. The summed E-state index contributed by atoms with van der Waals surface area (Å²) in [5, 5.41) is 3.18. The van der Waals surface area contributed by atoms with Crippen LogP contribution in [0.3, 0.4) is 0 Å². The third-order valence-corrected chi connectivity index (χ3v) is 4.69. The van der Waals surface area contributed by atoms with Crippen LogP contribution in [0, 0.1) is 0 Å². The first-order valence-electron chi connectivity index (χ1n) is 9.40. The second-order valence-electron chi connectivity index (χ2n) is 6.98. The molecule has 0 fully saturated rings. The smallest absolute Gasteiger partial charge is 0.339 e. The molecule has 0 aliphatic rings. The van der Waals surface area contributed by atoms with Crippen LogP contribution in [-0.2, 0) is 12.7 Å². The predicted molar refractivity (Wildman–Crippen MR) is 113 cm³/mol. The van der Waals surface area contributed by atoms with Gasteiger partial charge in [-0.15, -0.1) is 0 Å². The summed E-state index contributed by atoms with van der Waals surface area (Å²) in [6.45, 7) is 0.537. The highest BCUT2D eigenvalue weighted by atomic mass is 19.4. The van der Waals surface area contributed by atoms with Crippen molar-refractivity contribution in [3.8, 4) is 0 Å². The largest absolute Gasteiger partial charge is 0.416 e. The molecule has 158 valence electrons. The molecule has 0 aliphatic heterocycles. The molecule has 2 heterocycles. The zero-order valence-electron chi connectivity index (χ0n) is 16.4. The standard InChI is InChI=1S/C22H18F3N5O/c1-30(13-14-5-3-2-4-6-14)21-28-17-11-12-26-20(31)18(17)19(29-21)27-16-9-7-15(8-10-16)22(23,24)25/h2-12H,13H2,1H3,(H,26,31)(H,27,28,29). The lowest BCUT2D eigenvalue weighted by Crippen LogP contribution is -2.20. The van der Waals surface area contributed by atoms with Crippen molar-refractivity contribution in [1.29, 1.82) is 0 Å². The van der Waals surface area contributed by atoms with Crippen molar-refractivity contribution < 1.29 is 13.2 Å². The van der Waals surface area contributed by atoms with Crippen LogP contribution < -0.4 is 15.8 Å². The van der Waals surface area contributed by atoms with E-state index in [2.05, 4.69) is 20.3 Å². The second kappa shape index (κ2) is 8.10. The predicted octanol–water partition coefficient (Wildman–Crippen LogP) is 4.72. The van der Waals surface area contributed by atoms with Crippen molar-refractivity contribution in [2.45, 2.75) is 12.7 Å². The lowest BCUT2D eigenvalue weighted by Gasteiger charge is -2.19. The number of anilines is 3. The van der Waals surface area contributed by atoms with Gasteiger partial charge in [-0.25, -0.2) is 4.98 Å². The molecule has 0 radical (unpaired) electrons. The molecule has 4 aromatic rings. The van der Waals surface area contributed by atoms with Gasteiger partial charge < -0.3 is 15.2 Å². The SMILES string of the molecule is CN(Cc1ccccc1)c1nc(Nc2ccc(C(F)(F)F)cc2)c2c(=O)[nH]ccc2n1. The molecule has 0 aliphatic carbocycles. The molecule has 0 saturated carbocycles. The van der Waals surface area contributed by atoms with Gasteiger partial charge in [-0.1, -0.05) is 30.3 Å². The minimum absolute atomic E-state index is 0.210. The number of nitrogens with zero attached hydrogens (tertiary/aromatic N) is 3. The maximum Gasteiger partial charge on any atom is 0.416 e. The zero-order chi connectivity index (χ0) is 22.0. The number of nitrogens with one attached hydrogen (secondary N) is 2. The summed E-state index contributed by atoms with van der Waals surface area (Å²) in [7, 11) is 1.82. The topological polar surface area (TPSA) is 73.9 Å². The third-order valence-electron chi connectivity index (χ3n) is 4.69. The minimum atomic E-state index is -4.43. The quantitative estimate of drug-likeness (QED) is 0.484. The number of hydrogen-bond donors (Lipinski definition) is 2. The summed E-state index contributed by atoms with van der Waals surface area (Å²) in [6, 6.07) is 15.9. The fourth-order valence-electron chi connectivity index (χ4n) is 3.15. The highest BCUT2D eigenvalue weighted by Crippen LogP contribution is 2.31. The summed E-state index contributed by atoms with van der Waals surface area (Å²) in [5.41, 5.74) is 0.684. The van der Waals surface area contributed by atoms with E-state index in [0.717, 1.165) is 17.7 Å². The second-order valence-corrected chi connectivity index (χ2v) is 6.98. The Morgan fingerprint density at radius 3 is 2.39 bits per heavy atom. The number of alkyl halides is 3. The number of rotatable bonds is 5. The number of pyridine rings is 1. The van der Waals surface area contributed by atoms with E-state index >= 15 is 0 Å². The average Bonchev–Trinajstić information content (AvgIpc) is 2.74. The fraction of sp³-hybridized carbons (Fsp3) is 0.136. The minimum Gasteiger partial charge on any atom is -0.339 e. The number of halogens is 3. The van der Waals surface area contributed by atoms with Crippen LogP contribution in [0.15, 0.2) is 71.7 Å². The number of benzene rings is 2. The van der Waals surface area contributed by atoms with Crippen molar-refractivity contribution in [3.05, 3.63) is 88.3 Å². The van der Waals surface area contributed by atoms with Gasteiger partial charge in [-0.05, 0) is 35.9 Å². The van der Waals surface area contributed by atoms with Crippen LogP contribution in [0.1, 0.15) is 11.1 Å². The summed E-state index contributed by atoms with van der Waals surface area (Å²) < 4.78 is 38.5. The van der Waals surface area contributed by atoms with Gasteiger partial charge in [0.15, 0.2) is 0 Å². The molecule has 2 N–H and O–H groups in total. The van der Waals surface area contributed by atoms with Crippen molar-refractivity contribution >= 4 is 28.4 Å². The van der Waals surface area contributed by atoms with E-state index < -0.39 is 17.3 Å². The molecule has 6 nitrogen and oxygen atoms in total. The van der Waals surface area contributed by atoms with Gasteiger partial charge in [-0.2, -0.15) is 18.2 Å². The van der Waals surface area contributed by atoms with Crippen LogP contribution in [0.25, 0.3) is 10.9 Å². The maximum atomic E-state index is 12.8. The van der Waals surface area contributed by atoms with E-state index in [9.17, 15) is 18.0 Å². The maximum absolute atomic E-state index is 12.8. The van der Waals surface area contributed by atoms with Gasteiger partial charge in [0, 0.05) is 25.5 Å². The number of aromatic nitrogens is 3. The molecule has 0 atom stereocenters. The van der Waals surface area contributed by atoms with E-state index in [0.29, 0.717) is 23.7 Å². The summed E-state index contributed by atoms with van der Waals surface area (Å²) in [4.78, 5) is 25.8. The Morgan fingerprint density at radius 1 is 1.00 bits per heavy atom. The van der Waals surface area contributed by atoms with Crippen LogP contribution in [-0.4, -0.2) is 22.0 Å². The zero-order valence-corrected chi connectivity index (χ0v) is 16.4. The van der Waals surface area contributed by atoms with Gasteiger partial charge in [0.1, 0.15) is 11.2 Å². The van der Waals surface area contributed by atoms with Crippen LogP contribution in [0.2, 0.25) is 0 Å². The molecule has 2 aromatic carbocycles. The van der Waals surface area contributed by atoms with Gasteiger partial charge in [0.05, 0.1) is 11.1 Å². The lowest BCUT2D eigenvalue weighted by molar-refractivity contribution is -0.137. The molecule has 4 rings (SSSR count). The highest BCUT2D eigenvalue weighted by Gasteiger charge is 2.30. The summed E-state index contributed by atoms with van der Waals surface area (Å²) >= 11 is 0. The third kappa shape index (κ3) is 4.50. The van der Waals surface area contributed by atoms with Crippen molar-refractivity contribution in [2.24, 2.45) is 0 Å². The van der Waals surface area contributed by atoms with Gasteiger partial charge in [0.25, 0.3) is 5.56 Å². The van der Waals surface area contributed by atoms with Gasteiger partial charge in [-0.3, -0.25) is 4.79 Å². The highest BCUT2D eigenvalue weighted by molar-refractivity contribution is 5.90. The number of aromatic amines is 1. The number of H-pyrrole nitrogens is 1. The normalized spacial score (nSPS) is 11.5. The molecule has 0 amide bonds. The van der Waals surface area contributed by atoms with Crippen molar-refractivity contribution in [1.82, 2.24) is 15.0 Å². The first-order valence-corrected chi connectivity index (χ1v) is 9.40. The van der Waals surface area contributed by atoms with E-state index in [4.69, 9.17) is 0 Å². The van der Waals surface area contributed by atoms with Crippen LogP contribution in [0.5, 0.6) is 0 Å². The first kappa shape index (κ1) is 20.4. The molecule has 0 unspecified atom stereocenters. The Hall–Kier alpha value is -3.88. The van der Waals surface area contributed by atoms with E-state index in [1.807, 2.05) is 42.3 Å². The molecular weight excluding hydrogens is 407 g/mol. The van der Waals surface area contributed by atoms with Crippen molar-refractivity contribution in [3.63, 3.8) is 0 Å². The Kier molecular flexibility index (Phi) is 5.33. The number of hydrogen-bond acceptors (Lipinski definition) is 5. The first-order chi connectivity index (χ1) is 14.8. The van der Waals surface area contributed by atoms with E-state index in [1.165, 1.54) is 18.3 Å². The van der Waals surface area contributed by atoms with Gasteiger partial charge in [0.2, 0.25) is 5.95 Å². The average molecular weight is 425 g/mol. The van der Waals surface area contributed by atoms with Crippen LogP contribution in [0.4, 0.5) is 30.6 Å². The Labute approximate surface area is 175 Å². The molecule has 2 aromatic heterocycles. The lowest BCUT2D eigenvalue weighted by atomic mass is 10.2. The Bertz CT molecular complexity index is 1250. The Morgan fingerprint density at radius 2 is 1.71 bits per heavy atom. The molecule has 0 bridgehead atoms. The van der Waals surface area contributed by atoms with Crippen LogP contribution >= 0.6 is 0 Å². The van der Waals surface area contributed by atoms with E-state index in [1.54, 1.807) is 6.07 Å². The Balaban J connectivity index is 1.72. The molecular formula is C22H18F3N5O. The van der Waals surface area contributed by atoms with Gasteiger partial charge >= 0.3 is 6.18 Å².